The zero-order valence-corrected chi connectivity index (χ0v) is 44.3. The number of aryl methyl sites for hydroxylation is 3. The number of carbonyl (C=O) groups excluding carboxylic acids is 4. The molecule has 3 aliphatic rings. The fraction of sp³-hybridized carbons (Fsp3) is 0.415. The Labute approximate surface area is 436 Å². The summed E-state index contributed by atoms with van der Waals surface area (Å²) >= 11 is 9.49. The van der Waals surface area contributed by atoms with Crippen molar-refractivity contribution >= 4 is 63.6 Å². The number of hydrogen-bond acceptors (Lipinski definition) is 14. The summed E-state index contributed by atoms with van der Waals surface area (Å²) in [5.41, 5.74) is 7.73. The number of fused-ring (bicyclic) bond motifs is 3. The molecule has 6 aromatic rings. The van der Waals surface area contributed by atoms with Gasteiger partial charge in [0.25, 0.3) is 5.91 Å². The van der Waals surface area contributed by atoms with E-state index in [4.69, 9.17) is 26.1 Å². The predicted octanol–water partition coefficient (Wildman–Crippen LogP) is 7.49. The molecular formula is C53H59ClN10O7S2. The smallest absolute Gasteiger partial charge is 0.258 e. The maximum atomic E-state index is 14.2. The molecule has 73 heavy (non-hydrogen) atoms. The van der Waals surface area contributed by atoms with Crippen LogP contribution in [0.25, 0.3) is 15.4 Å². The van der Waals surface area contributed by atoms with E-state index in [1.807, 2.05) is 100 Å². The summed E-state index contributed by atoms with van der Waals surface area (Å²) < 4.78 is 13.9. The van der Waals surface area contributed by atoms with Crippen LogP contribution in [-0.4, -0.2) is 108 Å². The van der Waals surface area contributed by atoms with Crippen molar-refractivity contribution in [1.82, 2.24) is 45.6 Å². The molecule has 5 atom stereocenters. The van der Waals surface area contributed by atoms with Gasteiger partial charge < -0.3 is 35.4 Å². The number of pyridine rings is 1. The van der Waals surface area contributed by atoms with E-state index in [0.717, 1.165) is 59.8 Å². The van der Waals surface area contributed by atoms with Crippen LogP contribution in [0.4, 0.5) is 0 Å². The van der Waals surface area contributed by atoms with Gasteiger partial charge in [0.05, 0.1) is 46.6 Å². The quantitative estimate of drug-likeness (QED) is 0.0791. The van der Waals surface area contributed by atoms with Crippen LogP contribution in [0.2, 0.25) is 5.02 Å². The van der Waals surface area contributed by atoms with E-state index in [-0.39, 0.29) is 43.5 Å². The van der Waals surface area contributed by atoms with Gasteiger partial charge in [-0.2, -0.15) is 0 Å². The molecule has 1 saturated heterocycles. The maximum Gasteiger partial charge on any atom is 0.258 e. The number of thiazole rings is 1. The number of rotatable bonds is 15. The number of aromatic nitrogens is 5. The van der Waals surface area contributed by atoms with Crippen LogP contribution < -0.4 is 25.4 Å². The minimum Gasteiger partial charge on any atom is -0.482 e. The molecule has 0 radical (unpaired) electrons. The topological polar surface area (TPSA) is 215 Å². The van der Waals surface area contributed by atoms with Gasteiger partial charge in [-0.05, 0) is 74.9 Å². The molecule has 382 valence electrons. The van der Waals surface area contributed by atoms with Gasteiger partial charge in [0, 0.05) is 58.9 Å². The highest BCUT2D eigenvalue weighted by Gasteiger charge is 2.45. The summed E-state index contributed by atoms with van der Waals surface area (Å²) in [6.07, 6.45) is 1.68. The molecule has 6 heterocycles. The van der Waals surface area contributed by atoms with Crippen LogP contribution in [0.5, 0.6) is 11.6 Å². The first-order valence-electron chi connectivity index (χ1n) is 24.3. The lowest BCUT2D eigenvalue weighted by Gasteiger charge is -2.35. The van der Waals surface area contributed by atoms with Gasteiger partial charge in [-0.3, -0.25) is 28.7 Å². The zero-order chi connectivity index (χ0) is 51.9. The maximum absolute atomic E-state index is 14.2. The van der Waals surface area contributed by atoms with Crippen molar-refractivity contribution in [2.24, 2.45) is 10.4 Å². The molecule has 0 unspecified atom stereocenters. The molecule has 4 N–H and O–H groups in total. The Bertz CT molecular complexity index is 3050. The first kappa shape index (κ1) is 51.4. The number of thiophene rings is 1. The molecule has 4 aromatic heterocycles. The Balaban J connectivity index is 0.750. The monoisotopic (exact) mass is 1050 g/mol. The van der Waals surface area contributed by atoms with Crippen LogP contribution >= 0.6 is 34.3 Å². The van der Waals surface area contributed by atoms with E-state index in [2.05, 4.69) is 50.0 Å². The number of nitrogens with zero attached hydrogens (tertiary/aromatic N) is 7. The Morgan fingerprint density at radius 1 is 0.904 bits per heavy atom. The summed E-state index contributed by atoms with van der Waals surface area (Å²) in [5.74, 6) is 0.432. The Hall–Kier alpha value is -6.54. The van der Waals surface area contributed by atoms with Crippen molar-refractivity contribution in [2.75, 3.05) is 13.2 Å². The van der Waals surface area contributed by atoms with Gasteiger partial charge in [-0.25, -0.2) is 9.97 Å². The molecule has 17 nitrogen and oxygen atoms in total. The number of β-amino-alcohol motifs (C(OH)–C–C–N with tert-alkyl or cyclic N) is 1. The van der Waals surface area contributed by atoms with Crippen molar-refractivity contribution in [1.29, 1.82) is 0 Å². The number of aliphatic imine (C=N–C) groups is 1. The van der Waals surface area contributed by atoms with Crippen molar-refractivity contribution in [2.45, 2.75) is 123 Å². The summed E-state index contributed by atoms with van der Waals surface area (Å²) in [7, 11) is 0. The first-order valence-corrected chi connectivity index (χ1v) is 26.4. The minimum absolute atomic E-state index is 0.0471. The number of nitrogens with one attached hydrogen (secondary N) is 3. The standard InChI is InChI=1S/C53H59ClN10O7S2/c1-27-30(4)73-52-45(27)46(33-13-15-35(54)16-14-33)59-40(49-62-61-31(5)64(49)52)22-42(66)58-36-19-39(20-36)71-44-18-17-38(23-55-44)70-25-43(67)60-48(53(6,7)8)51(69)63-24-37(65)21-41(63)50(68)57-28(2)32-9-11-34(12-10-32)47-29(3)56-26-72-47/h9-18,23,26,28,36-37,39-41,48,65H,19-22,24-25H2,1-8H3,(H,57,68)(H,58,66)(H,60,67)/t28-,36-,37+,39-,40-,41-,48+/m0/s1. The van der Waals surface area contributed by atoms with E-state index in [9.17, 15) is 24.3 Å². The number of ether oxygens (including phenoxy) is 2. The number of aliphatic hydroxyl groups excluding tert-OH is 1. The fourth-order valence-electron chi connectivity index (χ4n) is 9.43. The largest absolute Gasteiger partial charge is 0.482 e. The highest BCUT2D eigenvalue weighted by Crippen LogP contribution is 2.40. The van der Waals surface area contributed by atoms with Crippen LogP contribution in [0.15, 0.2) is 77.4 Å². The van der Waals surface area contributed by atoms with Crippen molar-refractivity contribution in [3.8, 4) is 27.1 Å². The third-order valence-electron chi connectivity index (χ3n) is 13.6. The number of halogens is 1. The molecule has 2 aromatic carbocycles. The summed E-state index contributed by atoms with van der Waals surface area (Å²) in [6.45, 7) is 14.9. The van der Waals surface area contributed by atoms with Crippen LogP contribution in [0, 0.1) is 33.1 Å². The van der Waals surface area contributed by atoms with E-state index in [0.29, 0.717) is 35.3 Å². The lowest BCUT2D eigenvalue weighted by molar-refractivity contribution is -0.144. The average Bonchev–Trinajstić information content (AvgIpc) is 4.11. The number of hydrogen-bond donors (Lipinski definition) is 4. The third-order valence-corrected chi connectivity index (χ3v) is 16.0. The summed E-state index contributed by atoms with van der Waals surface area (Å²) in [6, 6.07) is 15.7. The minimum atomic E-state index is -1.03. The van der Waals surface area contributed by atoms with Gasteiger partial charge in [0.1, 0.15) is 40.8 Å². The van der Waals surface area contributed by atoms with E-state index < -0.39 is 54.0 Å². The highest BCUT2D eigenvalue weighted by atomic mass is 35.5. The number of amides is 4. The van der Waals surface area contributed by atoms with Gasteiger partial charge in [0.2, 0.25) is 23.6 Å². The van der Waals surface area contributed by atoms with E-state index in [1.165, 1.54) is 11.1 Å². The van der Waals surface area contributed by atoms with Crippen molar-refractivity contribution < 1.29 is 33.8 Å². The normalized spacial score (nSPS) is 20.1. The average molecular weight is 1050 g/mol. The van der Waals surface area contributed by atoms with E-state index in [1.54, 1.807) is 34.8 Å². The lowest BCUT2D eigenvalue weighted by Crippen LogP contribution is -2.58. The van der Waals surface area contributed by atoms with Crippen molar-refractivity contribution in [3.63, 3.8) is 0 Å². The Morgan fingerprint density at radius 3 is 2.30 bits per heavy atom. The molecule has 0 spiro atoms. The molecule has 1 aliphatic carbocycles. The molecule has 20 heteroatoms. The molecule has 4 amide bonds. The third kappa shape index (κ3) is 11.2. The molecular weight excluding hydrogens is 988 g/mol. The lowest BCUT2D eigenvalue weighted by atomic mass is 9.85. The molecule has 0 bridgehead atoms. The second kappa shape index (κ2) is 21.1. The van der Waals surface area contributed by atoms with Crippen LogP contribution in [0.3, 0.4) is 0 Å². The second-order valence-electron chi connectivity index (χ2n) is 20.1. The Morgan fingerprint density at radius 2 is 1.63 bits per heavy atom. The molecule has 2 aliphatic heterocycles. The van der Waals surface area contributed by atoms with Crippen molar-refractivity contribution in [3.05, 3.63) is 122 Å². The zero-order valence-electron chi connectivity index (χ0n) is 41.9. The summed E-state index contributed by atoms with van der Waals surface area (Å²) in [4.78, 5) is 72.4. The van der Waals surface area contributed by atoms with Gasteiger partial charge in [-0.15, -0.1) is 32.9 Å². The fourth-order valence-corrected chi connectivity index (χ4v) is 11.6. The van der Waals surface area contributed by atoms with Gasteiger partial charge in [0.15, 0.2) is 12.4 Å². The molecule has 2 fully saturated rings. The molecule has 9 rings (SSSR count). The number of benzene rings is 2. The summed E-state index contributed by atoms with van der Waals surface area (Å²) in [5, 5.41) is 30.2. The van der Waals surface area contributed by atoms with Crippen LogP contribution in [-0.2, 0) is 19.2 Å². The number of aliphatic hydroxyl groups is 1. The number of carbonyl (C=O) groups is 4. The SMILES string of the molecule is Cc1ncsc1-c1ccc([C@H](C)NC(=O)[C@@H]2C[C@@H](O)CN2C(=O)[C@@H](NC(=O)COc2ccc(O[C@H]3C[C@H](NC(=O)C[C@@H]4N=C(c5ccc(Cl)cc5)c5c(sc(C)c5C)-n5c(C)nnc54)C3)nc2)C(C)(C)C)cc1. The second-order valence-corrected chi connectivity index (χ2v) is 22.6. The van der Waals surface area contributed by atoms with Gasteiger partial charge >= 0.3 is 0 Å². The predicted molar refractivity (Wildman–Crippen MR) is 280 cm³/mol. The number of likely N-dealkylation sites (tertiary alicyclic amines) is 1. The molecule has 1 saturated carbocycles. The van der Waals surface area contributed by atoms with Gasteiger partial charge in [-0.1, -0.05) is 68.8 Å². The van der Waals surface area contributed by atoms with E-state index >= 15 is 0 Å². The van der Waals surface area contributed by atoms with Crippen LogP contribution in [0.1, 0.15) is 110 Å². The highest BCUT2D eigenvalue weighted by molar-refractivity contribution is 7.15. The first-order chi connectivity index (χ1) is 34.8. The Kier molecular flexibility index (Phi) is 14.9.